The van der Waals surface area contributed by atoms with Gasteiger partial charge in [-0.05, 0) is 19.4 Å². The third-order valence-electron chi connectivity index (χ3n) is 9.99. The van der Waals surface area contributed by atoms with E-state index in [0.717, 1.165) is 32.1 Å². The zero-order valence-electron chi connectivity index (χ0n) is 33.2. The molecule has 1 saturated heterocycles. The van der Waals surface area contributed by atoms with Crippen LogP contribution in [0, 0.1) is 0 Å². The van der Waals surface area contributed by atoms with Gasteiger partial charge in [-0.1, -0.05) is 149 Å². The lowest BCUT2D eigenvalue weighted by Gasteiger charge is -2.42. The van der Waals surface area contributed by atoms with Crippen LogP contribution in [0.4, 0.5) is 0 Å². The molecule has 0 saturated carbocycles. The maximum absolute atomic E-state index is 10.6. The van der Waals surface area contributed by atoms with Crippen molar-refractivity contribution in [2.24, 2.45) is 0 Å². The van der Waals surface area contributed by atoms with E-state index in [1.807, 2.05) is 0 Å². The van der Waals surface area contributed by atoms with Crippen LogP contribution in [0.1, 0.15) is 168 Å². The molecule has 13 nitrogen and oxygen atoms in total. The Balaban J connectivity index is 0.00000162. The van der Waals surface area contributed by atoms with Crippen molar-refractivity contribution in [1.82, 2.24) is 5.32 Å². The third kappa shape index (κ3) is 26.5. The van der Waals surface area contributed by atoms with Crippen LogP contribution in [0.3, 0.4) is 0 Å². The molecule has 0 aromatic rings. The Morgan fingerprint density at radius 1 is 0.623 bits per heavy atom. The summed E-state index contributed by atoms with van der Waals surface area (Å²) in [5.41, 5.74) is 0. The van der Waals surface area contributed by atoms with E-state index < -0.39 is 74.3 Å². The molecule has 0 aliphatic carbocycles. The summed E-state index contributed by atoms with van der Waals surface area (Å²) in [6, 6.07) is 0. The van der Waals surface area contributed by atoms with Crippen molar-refractivity contribution in [3.8, 4) is 0 Å². The van der Waals surface area contributed by atoms with Gasteiger partial charge in [0.2, 0.25) is 0 Å². The molecule has 10 N–H and O–H groups in total. The van der Waals surface area contributed by atoms with E-state index in [0.29, 0.717) is 13.0 Å². The molecule has 9 atom stereocenters. The quantitative estimate of drug-likeness (QED) is 0.0412. The molecule has 0 bridgehead atoms. The van der Waals surface area contributed by atoms with Crippen molar-refractivity contribution in [3.05, 3.63) is 0 Å². The van der Waals surface area contributed by atoms with E-state index in [4.69, 9.17) is 14.6 Å². The smallest absolute Gasteiger partial charge is 0.303 e. The summed E-state index contributed by atoms with van der Waals surface area (Å²) < 4.78 is 10.7. The van der Waals surface area contributed by atoms with Crippen LogP contribution in [0.5, 0.6) is 0 Å². The first kappa shape index (κ1) is 52.0. The largest absolute Gasteiger partial charge is 0.481 e. The summed E-state index contributed by atoms with van der Waals surface area (Å²) >= 11 is 0. The van der Waals surface area contributed by atoms with Crippen LogP contribution >= 0.6 is 0 Å². The number of hydrogen-bond acceptors (Lipinski definition) is 12. The first-order valence-corrected chi connectivity index (χ1v) is 21.1. The zero-order valence-corrected chi connectivity index (χ0v) is 33.2. The first-order valence-electron chi connectivity index (χ1n) is 21.1. The number of aliphatic carboxylic acids is 1. The van der Waals surface area contributed by atoms with E-state index in [9.17, 15) is 45.6 Å². The van der Waals surface area contributed by atoms with Crippen molar-refractivity contribution in [2.45, 2.75) is 223 Å². The summed E-state index contributed by atoms with van der Waals surface area (Å²) in [7, 11) is 0. The normalized spacial score (nSPS) is 22.5. The third-order valence-corrected chi connectivity index (χ3v) is 9.99. The second kappa shape index (κ2) is 35.4. The summed E-state index contributed by atoms with van der Waals surface area (Å²) in [6.45, 7) is 3.64. The van der Waals surface area contributed by atoms with Gasteiger partial charge in [-0.3, -0.25) is 4.79 Å². The Morgan fingerprint density at radius 3 is 1.47 bits per heavy atom. The summed E-state index contributed by atoms with van der Waals surface area (Å²) in [5.74, 6) is -0.659. The average molecular weight is 768 g/mol. The molecule has 1 aliphatic rings. The van der Waals surface area contributed by atoms with Gasteiger partial charge >= 0.3 is 5.97 Å². The van der Waals surface area contributed by atoms with E-state index >= 15 is 0 Å². The van der Waals surface area contributed by atoms with Crippen molar-refractivity contribution >= 4 is 5.97 Å². The Hall–Kier alpha value is -0.970. The minimum absolute atomic E-state index is 0.00625. The molecular weight excluding hydrogens is 686 g/mol. The predicted octanol–water partition coefficient (Wildman–Crippen LogP) is 4.31. The van der Waals surface area contributed by atoms with Crippen LogP contribution in [0.2, 0.25) is 0 Å². The van der Waals surface area contributed by atoms with Gasteiger partial charge in [-0.2, -0.15) is 0 Å². The molecule has 1 rings (SSSR count). The molecule has 0 aromatic carbocycles. The van der Waals surface area contributed by atoms with Gasteiger partial charge in [0.1, 0.15) is 42.7 Å². The van der Waals surface area contributed by atoms with E-state index in [-0.39, 0.29) is 6.54 Å². The van der Waals surface area contributed by atoms with Crippen LogP contribution in [0.25, 0.3) is 0 Å². The number of aliphatic hydroxyl groups excluding tert-OH is 8. The number of carboxylic acids is 1. The Bertz CT molecular complexity index is 810. The number of aliphatic hydroxyl groups is 8. The fraction of sp³-hybridized carbons (Fsp3) is 0.975. The summed E-state index contributed by atoms with van der Waals surface area (Å²) in [4.78, 5) is 10.2. The van der Waals surface area contributed by atoms with E-state index in [1.165, 1.54) is 116 Å². The Morgan fingerprint density at radius 2 is 1.06 bits per heavy atom. The second-order valence-corrected chi connectivity index (χ2v) is 14.9. The Kier molecular flexibility index (Phi) is 34.8. The van der Waals surface area contributed by atoms with E-state index in [2.05, 4.69) is 19.2 Å². The maximum Gasteiger partial charge on any atom is 0.303 e. The van der Waals surface area contributed by atoms with Gasteiger partial charge in [-0.25, -0.2) is 0 Å². The van der Waals surface area contributed by atoms with Crippen molar-refractivity contribution in [2.75, 3.05) is 26.3 Å². The highest BCUT2D eigenvalue weighted by Crippen LogP contribution is 2.25. The maximum atomic E-state index is 10.6. The fourth-order valence-electron chi connectivity index (χ4n) is 6.46. The molecule has 1 heterocycles. The molecule has 0 radical (unpaired) electrons. The summed E-state index contributed by atoms with van der Waals surface area (Å²) in [5, 5.41) is 91.3. The minimum Gasteiger partial charge on any atom is -0.481 e. The van der Waals surface area contributed by atoms with Gasteiger partial charge < -0.3 is 60.7 Å². The number of unbranched alkanes of at least 4 members (excludes halogenated alkanes) is 21. The molecule has 9 unspecified atom stereocenters. The molecular formula is C40H81NO12. The first-order chi connectivity index (χ1) is 25.5. The molecule has 1 fully saturated rings. The van der Waals surface area contributed by atoms with Crippen molar-refractivity contribution in [3.63, 3.8) is 0 Å². The standard InChI is InChI=1S/C28H57NO10.C12H24O2/c1-2-3-4-5-6-7-8-9-10-11-12-13-14-15-16-29-17-20(32)23(34)27(21(33)18-30)39-28-26(37)25(36)24(35)22(19-31)38-28;1-2-3-4-5-6-7-8-9-10-11-12(13)14/h20-37H,2-19H2,1H3;2-11H2,1H3,(H,13,14). The van der Waals surface area contributed by atoms with Crippen LogP contribution in [-0.4, -0.2) is 133 Å². The number of ether oxygens (including phenoxy) is 2. The topological polar surface area (TPSA) is 230 Å². The fourth-order valence-corrected chi connectivity index (χ4v) is 6.46. The molecule has 318 valence electrons. The highest BCUT2D eigenvalue weighted by atomic mass is 16.7. The van der Waals surface area contributed by atoms with Crippen LogP contribution < -0.4 is 5.32 Å². The number of rotatable bonds is 34. The second-order valence-electron chi connectivity index (χ2n) is 14.9. The molecule has 0 spiro atoms. The van der Waals surface area contributed by atoms with E-state index in [1.54, 1.807) is 0 Å². The SMILES string of the molecule is CCCCCCCCCCCC(=O)O.CCCCCCCCCCCCCCCCNCC(O)C(O)C(OC1OC(CO)C(O)C(O)C1O)C(O)CO. The molecule has 53 heavy (non-hydrogen) atoms. The van der Waals surface area contributed by atoms with Gasteiger partial charge in [0.05, 0.1) is 19.3 Å². The highest BCUT2D eigenvalue weighted by Gasteiger charge is 2.46. The molecule has 1 aliphatic heterocycles. The number of hydrogen-bond donors (Lipinski definition) is 10. The number of carboxylic acid groups (broad SMARTS) is 1. The number of carbonyl (C=O) groups is 1. The molecule has 0 amide bonds. The summed E-state index contributed by atoms with van der Waals surface area (Å²) in [6.07, 6.45) is 15.0. The average Bonchev–Trinajstić information content (AvgIpc) is 3.15. The minimum atomic E-state index is -1.75. The molecule has 13 heteroatoms. The lowest BCUT2D eigenvalue weighted by Crippen LogP contribution is -2.61. The van der Waals surface area contributed by atoms with Crippen LogP contribution in [0.15, 0.2) is 0 Å². The lowest BCUT2D eigenvalue weighted by atomic mass is 9.98. The Labute approximate surface area is 320 Å². The monoisotopic (exact) mass is 768 g/mol. The molecule has 0 aromatic heterocycles. The highest BCUT2D eigenvalue weighted by molar-refractivity contribution is 5.66. The zero-order chi connectivity index (χ0) is 39.7. The lowest BCUT2D eigenvalue weighted by molar-refractivity contribution is -0.327. The van der Waals surface area contributed by atoms with Crippen molar-refractivity contribution in [1.29, 1.82) is 0 Å². The van der Waals surface area contributed by atoms with Gasteiger partial charge in [0, 0.05) is 13.0 Å². The van der Waals surface area contributed by atoms with Crippen LogP contribution in [-0.2, 0) is 14.3 Å². The predicted molar refractivity (Wildman–Crippen MR) is 206 cm³/mol. The van der Waals surface area contributed by atoms with Gasteiger partial charge in [0.15, 0.2) is 6.29 Å². The van der Waals surface area contributed by atoms with Gasteiger partial charge in [0.25, 0.3) is 0 Å². The van der Waals surface area contributed by atoms with Crippen molar-refractivity contribution < 1.29 is 60.2 Å². The number of nitrogens with one attached hydrogen (secondary N) is 1. The van der Waals surface area contributed by atoms with Gasteiger partial charge in [-0.15, -0.1) is 0 Å².